The maximum absolute atomic E-state index is 11.1. The minimum Gasteiger partial charge on any atom is -0.342 e. The molecule has 0 bridgehead atoms. The van der Waals surface area contributed by atoms with Gasteiger partial charge >= 0.3 is 0 Å². The zero-order chi connectivity index (χ0) is 10.0. The molecule has 0 aliphatic carbocycles. The number of nitrogens with zero attached hydrogens (tertiary/aromatic N) is 2. The second kappa shape index (κ2) is 4.09. The quantitative estimate of drug-likeness (QED) is 0.638. The summed E-state index contributed by atoms with van der Waals surface area (Å²) in [4.78, 5) is 15.4. The van der Waals surface area contributed by atoms with Crippen molar-refractivity contribution in [2.45, 2.75) is 39.3 Å². The van der Waals surface area contributed by atoms with Gasteiger partial charge in [-0.15, -0.1) is 0 Å². The molecule has 1 aliphatic rings. The third kappa shape index (κ3) is 2.44. The van der Waals surface area contributed by atoms with Crippen molar-refractivity contribution in [2.75, 3.05) is 20.1 Å². The molecule has 3 heteroatoms. The molecule has 0 aromatic carbocycles. The van der Waals surface area contributed by atoms with Gasteiger partial charge < -0.3 is 4.90 Å². The summed E-state index contributed by atoms with van der Waals surface area (Å²) in [6, 6.07) is 1.03. The molecule has 0 N–H and O–H groups in total. The lowest BCUT2D eigenvalue weighted by Crippen LogP contribution is -2.38. The van der Waals surface area contributed by atoms with E-state index in [0.717, 1.165) is 19.5 Å². The Bertz CT molecular complexity index is 191. The Morgan fingerprint density at radius 3 is 2.54 bits per heavy atom. The predicted molar refractivity (Wildman–Crippen MR) is 53.6 cm³/mol. The summed E-state index contributed by atoms with van der Waals surface area (Å²) in [6.07, 6.45) is 1.12. The summed E-state index contributed by atoms with van der Waals surface area (Å²) < 4.78 is 0. The van der Waals surface area contributed by atoms with Crippen LogP contribution in [0.25, 0.3) is 0 Å². The number of carbonyl (C=O) groups is 1. The number of hydrogen-bond donors (Lipinski definition) is 0. The molecule has 76 valence electrons. The minimum atomic E-state index is 0.176. The molecule has 1 amide bonds. The van der Waals surface area contributed by atoms with E-state index >= 15 is 0 Å². The smallest absolute Gasteiger partial charge is 0.219 e. The lowest BCUT2D eigenvalue weighted by molar-refractivity contribution is -0.129. The SMILES string of the molecule is CC(=O)N(C)[C@@H]1CCN(C(C)C)C1. The van der Waals surface area contributed by atoms with Crippen LogP contribution < -0.4 is 0 Å². The normalized spacial score (nSPS) is 23.9. The molecule has 13 heavy (non-hydrogen) atoms. The molecule has 1 rings (SSSR count). The van der Waals surface area contributed by atoms with Crippen LogP contribution in [0, 0.1) is 0 Å². The summed E-state index contributed by atoms with van der Waals surface area (Å²) in [5.74, 6) is 0.176. The van der Waals surface area contributed by atoms with E-state index in [1.54, 1.807) is 6.92 Å². The van der Waals surface area contributed by atoms with Crippen molar-refractivity contribution in [1.82, 2.24) is 9.80 Å². The molecular formula is C10H20N2O. The molecule has 0 saturated carbocycles. The molecule has 0 radical (unpaired) electrons. The highest BCUT2D eigenvalue weighted by Crippen LogP contribution is 2.16. The average molecular weight is 184 g/mol. The Kier molecular flexibility index (Phi) is 3.31. The maximum atomic E-state index is 11.1. The highest BCUT2D eigenvalue weighted by atomic mass is 16.2. The molecular weight excluding hydrogens is 164 g/mol. The number of likely N-dealkylation sites (N-methyl/N-ethyl adjacent to an activating group) is 1. The van der Waals surface area contributed by atoms with Crippen molar-refractivity contribution in [1.29, 1.82) is 0 Å². The number of hydrogen-bond acceptors (Lipinski definition) is 2. The fraction of sp³-hybridized carbons (Fsp3) is 0.900. The third-order valence-electron chi connectivity index (χ3n) is 2.97. The van der Waals surface area contributed by atoms with E-state index in [2.05, 4.69) is 18.7 Å². The van der Waals surface area contributed by atoms with Gasteiger partial charge in [0.05, 0.1) is 0 Å². The van der Waals surface area contributed by atoms with Gasteiger partial charge in [0.15, 0.2) is 0 Å². The first-order valence-electron chi connectivity index (χ1n) is 4.99. The third-order valence-corrected chi connectivity index (χ3v) is 2.97. The first-order valence-corrected chi connectivity index (χ1v) is 4.99. The van der Waals surface area contributed by atoms with Gasteiger partial charge in [0.1, 0.15) is 0 Å². The van der Waals surface area contributed by atoms with Crippen LogP contribution in [-0.4, -0.2) is 47.9 Å². The fourth-order valence-corrected chi connectivity index (χ4v) is 1.81. The number of carbonyl (C=O) groups excluding carboxylic acids is 1. The number of amides is 1. The van der Waals surface area contributed by atoms with Crippen LogP contribution in [0.5, 0.6) is 0 Å². The molecule has 3 nitrogen and oxygen atoms in total. The molecule has 0 unspecified atom stereocenters. The Balaban J connectivity index is 2.45. The number of likely N-dealkylation sites (tertiary alicyclic amines) is 1. The van der Waals surface area contributed by atoms with Gasteiger partial charge in [-0.25, -0.2) is 0 Å². The van der Waals surface area contributed by atoms with Gasteiger partial charge in [-0.1, -0.05) is 0 Å². The first kappa shape index (κ1) is 10.5. The largest absolute Gasteiger partial charge is 0.342 e. The monoisotopic (exact) mass is 184 g/mol. The van der Waals surface area contributed by atoms with Crippen LogP contribution in [0.1, 0.15) is 27.2 Å². The second-order valence-electron chi connectivity index (χ2n) is 4.16. The zero-order valence-electron chi connectivity index (χ0n) is 9.08. The predicted octanol–water partition coefficient (Wildman–Crippen LogP) is 0.947. The van der Waals surface area contributed by atoms with Crippen molar-refractivity contribution in [2.24, 2.45) is 0 Å². The lowest BCUT2D eigenvalue weighted by Gasteiger charge is -2.25. The molecule has 0 aromatic rings. The van der Waals surface area contributed by atoms with Crippen LogP contribution in [0.2, 0.25) is 0 Å². The van der Waals surface area contributed by atoms with Crippen LogP contribution in [0.4, 0.5) is 0 Å². The van der Waals surface area contributed by atoms with Crippen LogP contribution in [0.15, 0.2) is 0 Å². The van der Waals surface area contributed by atoms with Gasteiger partial charge in [-0.2, -0.15) is 0 Å². The van der Waals surface area contributed by atoms with E-state index in [1.807, 2.05) is 11.9 Å². The van der Waals surface area contributed by atoms with Gasteiger partial charge in [-0.05, 0) is 20.3 Å². The topological polar surface area (TPSA) is 23.6 Å². The molecule has 1 aliphatic heterocycles. The van der Waals surface area contributed by atoms with E-state index in [0.29, 0.717) is 12.1 Å². The van der Waals surface area contributed by atoms with E-state index in [-0.39, 0.29) is 5.91 Å². The molecule has 0 aromatic heterocycles. The van der Waals surface area contributed by atoms with Crippen molar-refractivity contribution < 1.29 is 4.79 Å². The lowest BCUT2D eigenvalue weighted by atomic mass is 10.2. The Hall–Kier alpha value is -0.570. The molecule has 1 heterocycles. The Morgan fingerprint density at radius 2 is 2.15 bits per heavy atom. The van der Waals surface area contributed by atoms with Crippen molar-refractivity contribution >= 4 is 5.91 Å². The van der Waals surface area contributed by atoms with Crippen molar-refractivity contribution in [3.8, 4) is 0 Å². The molecule has 0 spiro atoms. The van der Waals surface area contributed by atoms with Gasteiger partial charge in [-0.3, -0.25) is 9.69 Å². The maximum Gasteiger partial charge on any atom is 0.219 e. The summed E-state index contributed by atoms with van der Waals surface area (Å²) in [7, 11) is 1.90. The van der Waals surface area contributed by atoms with Crippen molar-refractivity contribution in [3.63, 3.8) is 0 Å². The van der Waals surface area contributed by atoms with Crippen molar-refractivity contribution in [3.05, 3.63) is 0 Å². The van der Waals surface area contributed by atoms with E-state index in [4.69, 9.17) is 0 Å². The minimum absolute atomic E-state index is 0.176. The average Bonchev–Trinajstić information content (AvgIpc) is 2.50. The highest BCUT2D eigenvalue weighted by Gasteiger charge is 2.27. The standard InChI is InChI=1S/C10H20N2O/c1-8(2)12-6-5-10(7-12)11(4)9(3)13/h8,10H,5-7H2,1-4H3/t10-/m1/s1. The van der Waals surface area contributed by atoms with Gasteiger partial charge in [0.25, 0.3) is 0 Å². The molecule has 1 saturated heterocycles. The van der Waals surface area contributed by atoms with Crippen LogP contribution in [-0.2, 0) is 4.79 Å². The summed E-state index contributed by atoms with van der Waals surface area (Å²) in [5.41, 5.74) is 0. The highest BCUT2D eigenvalue weighted by molar-refractivity contribution is 5.73. The number of rotatable bonds is 2. The summed E-state index contributed by atoms with van der Waals surface area (Å²) in [6.45, 7) is 8.21. The zero-order valence-corrected chi connectivity index (χ0v) is 9.08. The Morgan fingerprint density at radius 1 is 1.54 bits per heavy atom. The second-order valence-corrected chi connectivity index (χ2v) is 4.16. The van der Waals surface area contributed by atoms with Crippen LogP contribution >= 0.6 is 0 Å². The van der Waals surface area contributed by atoms with E-state index < -0.39 is 0 Å². The van der Waals surface area contributed by atoms with Gasteiger partial charge in [0.2, 0.25) is 5.91 Å². The molecule has 1 atom stereocenters. The van der Waals surface area contributed by atoms with Gasteiger partial charge in [0, 0.05) is 39.1 Å². The first-order chi connectivity index (χ1) is 6.02. The molecule has 1 fully saturated rings. The van der Waals surface area contributed by atoms with E-state index in [1.165, 1.54) is 0 Å². The Labute approximate surface area is 80.7 Å². The van der Waals surface area contributed by atoms with E-state index in [9.17, 15) is 4.79 Å². The summed E-state index contributed by atoms with van der Waals surface area (Å²) >= 11 is 0. The fourth-order valence-electron chi connectivity index (χ4n) is 1.81. The summed E-state index contributed by atoms with van der Waals surface area (Å²) in [5, 5.41) is 0. The van der Waals surface area contributed by atoms with Crippen LogP contribution in [0.3, 0.4) is 0 Å².